The molecule has 0 aromatic carbocycles. The molecule has 0 radical (unpaired) electrons. The second-order valence-corrected chi connectivity index (χ2v) is 7.17. The lowest BCUT2D eigenvalue weighted by Crippen LogP contribution is -2.44. The summed E-state index contributed by atoms with van der Waals surface area (Å²) < 4.78 is 0. The summed E-state index contributed by atoms with van der Waals surface area (Å²) in [6.45, 7) is 6.52. The van der Waals surface area contributed by atoms with Crippen molar-refractivity contribution in [3.8, 4) is 0 Å². The first kappa shape index (κ1) is 16.9. The van der Waals surface area contributed by atoms with E-state index in [9.17, 15) is 19.2 Å². The summed E-state index contributed by atoms with van der Waals surface area (Å²) in [6, 6.07) is -0.645. The van der Waals surface area contributed by atoms with Gasteiger partial charge < -0.3 is 5.32 Å². The highest BCUT2D eigenvalue weighted by atomic mass is 32.2. The molecule has 1 rings (SSSR count). The van der Waals surface area contributed by atoms with E-state index in [-0.39, 0.29) is 34.4 Å². The van der Waals surface area contributed by atoms with Gasteiger partial charge in [-0.2, -0.15) is 0 Å². The summed E-state index contributed by atoms with van der Waals surface area (Å²) >= 11 is 1.16. The molecule has 0 spiro atoms. The van der Waals surface area contributed by atoms with Gasteiger partial charge in [-0.25, -0.2) is 0 Å². The van der Waals surface area contributed by atoms with E-state index in [1.807, 2.05) is 13.8 Å². The minimum atomic E-state index is -0.696. The predicted molar refractivity (Wildman–Crippen MR) is 77.6 cm³/mol. The molecule has 1 unspecified atom stereocenters. The number of carbonyl (C=O) groups excluding carboxylic acids is 4. The zero-order valence-electron chi connectivity index (χ0n) is 12.3. The zero-order valence-corrected chi connectivity index (χ0v) is 13.1. The van der Waals surface area contributed by atoms with Crippen LogP contribution in [0.2, 0.25) is 0 Å². The average Bonchev–Trinajstić information content (AvgIpc) is 2.23. The molecule has 1 atom stereocenters. The molecule has 1 aliphatic carbocycles. The Morgan fingerprint density at radius 1 is 1.25 bits per heavy atom. The third-order valence-corrected chi connectivity index (χ3v) is 4.57. The summed E-state index contributed by atoms with van der Waals surface area (Å²) in [5.41, 5.74) is -0.275. The van der Waals surface area contributed by atoms with Crippen LogP contribution in [0.25, 0.3) is 0 Å². The highest BCUT2D eigenvalue weighted by molar-refractivity contribution is 8.01. The van der Waals surface area contributed by atoms with Crippen molar-refractivity contribution >= 4 is 35.0 Å². The summed E-state index contributed by atoms with van der Waals surface area (Å²) in [4.78, 5) is 46.5. The fourth-order valence-corrected chi connectivity index (χ4v) is 3.50. The fourth-order valence-electron chi connectivity index (χ4n) is 2.26. The Labute approximate surface area is 123 Å². The van der Waals surface area contributed by atoms with E-state index < -0.39 is 11.3 Å². The molecular formula is C14H21NO4S. The molecule has 6 heteroatoms. The number of rotatable bonds is 5. The van der Waals surface area contributed by atoms with Crippen molar-refractivity contribution in [2.24, 2.45) is 5.41 Å². The minimum Gasteiger partial charge on any atom is -0.346 e. The smallest absolute Gasteiger partial charge is 0.217 e. The normalized spacial score (nSPS) is 20.6. The van der Waals surface area contributed by atoms with Gasteiger partial charge in [0.15, 0.2) is 17.3 Å². The molecule has 0 aromatic heterocycles. The second-order valence-electron chi connectivity index (χ2n) is 6.03. The van der Waals surface area contributed by atoms with Gasteiger partial charge in [-0.05, 0) is 12.3 Å². The number of carbonyl (C=O) groups is 4. The molecule has 20 heavy (non-hydrogen) atoms. The first-order chi connectivity index (χ1) is 9.12. The first-order valence-corrected chi connectivity index (χ1v) is 7.62. The SMILES string of the molecule is CC(=O)NC(CSC1C(=O)CC(C)(C)CC1=O)C(C)=O. The molecule has 0 saturated heterocycles. The van der Waals surface area contributed by atoms with Crippen LogP contribution in [0.4, 0.5) is 0 Å². The summed E-state index contributed by atoms with van der Waals surface area (Å²) in [6.07, 6.45) is 0.753. The van der Waals surface area contributed by atoms with Crippen molar-refractivity contribution in [2.45, 2.75) is 51.8 Å². The maximum atomic E-state index is 12.0. The molecule has 0 heterocycles. The van der Waals surface area contributed by atoms with Gasteiger partial charge in [0.1, 0.15) is 5.25 Å². The van der Waals surface area contributed by atoms with Crippen LogP contribution in [0, 0.1) is 5.41 Å². The quantitative estimate of drug-likeness (QED) is 0.770. The molecule has 5 nitrogen and oxygen atoms in total. The number of hydrogen-bond acceptors (Lipinski definition) is 5. The molecule has 1 fully saturated rings. The fraction of sp³-hybridized carbons (Fsp3) is 0.714. The summed E-state index contributed by atoms with van der Waals surface area (Å²) in [5.74, 6) is -0.392. The molecule has 1 N–H and O–H groups in total. The highest BCUT2D eigenvalue weighted by Gasteiger charge is 2.40. The molecule has 1 saturated carbocycles. The van der Waals surface area contributed by atoms with Gasteiger partial charge >= 0.3 is 0 Å². The Morgan fingerprint density at radius 3 is 2.15 bits per heavy atom. The van der Waals surface area contributed by atoms with E-state index in [0.29, 0.717) is 12.8 Å². The van der Waals surface area contributed by atoms with Crippen LogP contribution in [0.3, 0.4) is 0 Å². The highest BCUT2D eigenvalue weighted by Crippen LogP contribution is 2.35. The molecule has 0 aromatic rings. The van der Waals surface area contributed by atoms with Crippen LogP contribution < -0.4 is 5.32 Å². The molecule has 0 bridgehead atoms. The van der Waals surface area contributed by atoms with E-state index >= 15 is 0 Å². The van der Waals surface area contributed by atoms with Crippen molar-refractivity contribution < 1.29 is 19.2 Å². The maximum absolute atomic E-state index is 12.0. The molecule has 112 valence electrons. The molecule has 1 aliphatic rings. The number of hydrogen-bond donors (Lipinski definition) is 1. The number of Topliss-reactive ketones (excluding diaryl/α,β-unsaturated/α-hetero) is 3. The number of ketones is 3. The van der Waals surface area contributed by atoms with Crippen LogP contribution in [0.5, 0.6) is 0 Å². The Balaban J connectivity index is 2.64. The van der Waals surface area contributed by atoms with Gasteiger partial charge in [0.2, 0.25) is 5.91 Å². The topological polar surface area (TPSA) is 80.3 Å². The predicted octanol–water partition coefficient (Wildman–Crippen LogP) is 1.14. The lowest BCUT2D eigenvalue weighted by atomic mass is 9.76. The lowest BCUT2D eigenvalue weighted by molar-refractivity contribution is -0.132. The van der Waals surface area contributed by atoms with Crippen molar-refractivity contribution in [3.63, 3.8) is 0 Å². The van der Waals surface area contributed by atoms with Gasteiger partial charge in [0.05, 0.1) is 6.04 Å². The third-order valence-electron chi connectivity index (χ3n) is 3.19. The van der Waals surface area contributed by atoms with Crippen LogP contribution in [0.1, 0.15) is 40.5 Å². The number of thioether (sulfide) groups is 1. The van der Waals surface area contributed by atoms with Gasteiger partial charge in [-0.15, -0.1) is 11.8 Å². The molecule has 1 amide bonds. The van der Waals surface area contributed by atoms with Crippen molar-refractivity contribution in [2.75, 3.05) is 5.75 Å². The average molecular weight is 299 g/mol. The van der Waals surface area contributed by atoms with E-state index in [0.717, 1.165) is 11.8 Å². The first-order valence-electron chi connectivity index (χ1n) is 6.57. The Morgan fingerprint density at radius 2 is 1.75 bits per heavy atom. The molecule has 0 aliphatic heterocycles. The lowest BCUT2D eigenvalue weighted by Gasteiger charge is -2.32. The van der Waals surface area contributed by atoms with Gasteiger partial charge in [0.25, 0.3) is 0 Å². The van der Waals surface area contributed by atoms with Gasteiger partial charge in [-0.3, -0.25) is 19.2 Å². The monoisotopic (exact) mass is 299 g/mol. The second kappa shape index (κ2) is 6.52. The number of nitrogens with one attached hydrogen (secondary N) is 1. The van der Waals surface area contributed by atoms with Crippen LogP contribution in [0.15, 0.2) is 0 Å². The van der Waals surface area contributed by atoms with E-state index in [1.54, 1.807) is 0 Å². The Bertz CT molecular complexity index is 424. The van der Waals surface area contributed by atoms with Gasteiger partial charge in [-0.1, -0.05) is 13.8 Å². The van der Waals surface area contributed by atoms with E-state index in [2.05, 4.69) is 5.32 Å². The Hall–Kier alpha value is -1.17. The van der Waals surface area contributed by atoms with E-state index in [4.69, 9.17) is 0 Å². The van der Waals surface area contributed by atoms with Crippen molar-refractivity contribution in [1.29, 1.82) is 0 Å². The zero-order chi connectivity index (χ0) is 15.5. The standard InChI is InChI=1S/C14H21NO4S/c1-8(16)10(15-9(2)17)7-20-13-11(18)5-14(3,4)6-12(13)19/h10,13H,5-7H2,1-4H3,(H,15,17). The number of amides is 1. The van der Waals surface area contributed by atoms with Crippen LogP contribution in [-0.4, -0.2) is 40.3 Å². The molecular weight excluding hydrogens is 278 g/mol. The summed E-state index contributed by atoms with van der Waals surface area (Å²) in [7, 11) is 0. The summed E-state index contributed by atoms with van der Waals surface area (Å²) in [5, 5.41) is 1.84. The Kier molecular flexibility index (Phi) is 5.50. The van der Waals surface area contributed by atoms with Crippen LogP contribution in [-0.2, 0) is 19.2 Å². The third kappa shape index (κ3) is 4.74. The van der Waals surface area contributed by atoms with Crippen LogP contribution >= 0.6 is 11.8 Å². The van der Waals surface area contributed by atoms with E-state index in [1.165, 1.54) is 13.8 Å². The van der Waals surface area contributed by atoms with Gasteiger partial charge in [0, 0.05) is 25.5 Å². The van der Waals surface area contributed by atoms with Crippen molar-refractivity contribution in [1.82, 2.24) is 5.32 Å². The largest absolute Gasteiger partial charge is 0.346 e. The van der Waals surface area contributed by atoms with Crippen molar-refractivity contribution in [3.05, 3.63) is 0 Å². The minimum absolute atomic E-state index is 0.0821. The maximum Gasteiger partial charge on any atom is 0.217 e.